The Labute approximate surface area is 99.4 Å². The van der Waals surface area contributed by atoms with Gasteiger partial charge in [0.2, 0.25) is 0 Å². The van der Waals surface area contributed by atoms with Crippen LogP contribution in [0.4, 0.5) is 0 Å². The van der Waals surface area contributed by atoms with Crippen LogP contribution in [0.2, 0.25) is 0 Å². The zero-order chi connectivity index (χ0) is 11.4. The van der Waals surface area contributed by atoms with E-state index in [1.54, 1.807) is 7.11 Å². The smallest absolute Gasteiger partial charge is 0.0462 e. The van der Waals surface area contributed by atoms with Gasteiger partial charge >= 0.3 is 0 Å². The molecule has 0 aromatic carbocycles. The molecule has 2 heteroatoms. The second kappa shape index (κ2) is 5.83. The van der Waals surface area contributed by atoms with Gasteiger partial charge in [-0.05, 0) is 56.9 Å². The molecule has 16 heavy (non-hydrogen) atoms. The summed E-state index contributed by atoms with van der Waals surface area (Å²) in [7, 11) is 1.78. The van der Waals surface area contributed by atoms with Gasteiger partial charge in [-0.25, -0.2) is 0 Å². The number of methoxy groups -OCH3 is 1. The van der Waals surface area contributed by atoms with Crippen molar-refractivity contribution < 1.29 is 4.74 Å². The van der Waals surface area contributed by atoms with Crippen LogP contribution >= 0.6 is 0 Å². The number of nitrogens with one attached hydrogen (secondary N) is 1. The van der Waals surface area contributed by atoms with Crippen LogP contribution in [0, 0.1) is 17.8 Å². The SMILES string of the molecule is COCCCCNC(C)C1CC2C=CC1C2. The first kappa shape index (κ1) is 12.1. The second-order valence-electron chi connectivity index (χ2n) is 5.39. The van der Waals surface area contributed by atoms with Crippen LogP contribution in [-0.2, 0) is 4.74 Å². The number of rotatable bonds is 7. The molecule has 4 atom stereocenters. The van der Waals surface area contributed by atoms with Gasteiger partial charge in [0.15, 0.2) is 0 Å². The fourth-order valence-corrected chi connectivity index (χ4v) is 3.25. The van der Waals surface area contributed by atoms with E-state index in [1.165, 1.54) is 25.7 Å². The van der Waals surface area contributed by atoms with E-state index < -0.39 is 0 Å². The number of unbranched alkanes of at least 4 members (excludes halogenated alkanes) is 1. The minimum absolute atomic E-state index is 0.683. The highest BCUT2D eigenvalue weighted by Gasteiger charge is 2.38. The van der Waals surface area contributed by atoms with Crippen molar-refractivity contribution in [2.75, 3.05) is 20.3 Å². The average molecular weight is 223 g/mol. The van der Waals surface area contributed by atoms with Crippen molar-refractivity contribution in [1.82, 2.24) is 5.32 Å². The number of hydrogen-bond acceptors (Lipinski definition) is 2. The van der Waals surface area contributed by atoms with Gasteiger partial charge in [-0.2, -0.15) is 0 Å². The van der Waals surface area contributed by atoms with E-state index in [-0.39, 0.29) is 0 Å². The van der Waals surface area contributed by atoms with Crippen molar-refractivity contribution in [3.63, 3.8) is 0 Å². The Hall–Kier alpha value is -0.340. The Bertz CT molecular complexity index is 239. The molecule has 2 rings (SSSR count). The molecule has 0 radical (unpaired) electrons. The molecule has 0 saturated heterocycles. The Balaban J connectivity index is 1.61. The highest BCUT2D eigenvalue weighted by atomic mass is 16.5. The van der Waals surface area contributed by atoms with Crippen LogP contribution in [0.15, 0.2) is 12.2 Å². The molecule has 0 amide bonds. The fraction of sp³-hybridized carbons (Fsp3) is 0.857. The molecular weight excluding hydrogens is 198 g/mol. The molecule has 2 aliphatic carbocycles. The monoisotopic (exact) mass is 223 g/mol. The van der Waals surface area contributed by atoms with E-state index >= 15 is 0 Å². The van der Waals surface area contributed by atoms with Crippen LogP contribution in [0.25, 0.3) is 0 Å². The lowest BCUT2D eigenvalue weighted by Crippen LogP contribution is -2.36. The van der Waals surface area contributed by atoms with E-state index in [1.807, 2.05) is 0 Å². The minimum atomic E-state index is 0.683. The van der Waals surface area contributed by atoms with Crippen molar-refractivity contribution in [3.8, 4) is 0 Å². The molecule has 1 saturated carbocycles. The number of allylic oxidation sites excluding steroid dienone is 2. The predicted molar refractivity (Wildman–Crippen MR) is 67.4 cm³/mol. The normalized spacial score (nSPS) is 33.5. The van der Waals surface area contributed by atoms with E-state index in [9.17, 15) is 0 Å². The maximum Gasteiger partial charge on any atom is 0.0462 e. The quantitative estimate of drug-likeness (QED) is 0.529. The summed E-state index contributed by atoms with van der Waals surface area (Å²) in [6.07, 6.45) is 10.1. The van der Waals surface area contributed by atoms with Gasteiger partial charge in [0.1, 0.15) is 0 Å². The second-order valence-corrected chi connectivity index (χ2v) is 5.39. The summed E-state index contributed by atoms with van der Waals surface area (Å²) >= 11 is 0. The third-order valence-corrected chi connectivity index (χ3v) is 4.21. The Morgan fingerprint density at radius 1 is 1.31 bits per heavy atom. The fourth-order valence-electron chi connectivity index (χ4n) is 3.25. The third-order valence-electron chi connectivity index (χ3n) is 4.21. The molecule has 0 aromatic heterocycles. The van der Waals surface area contributed by atoms with Crippen LogP contribution in [0.5, 0.6) is 0 Å². The minimum Gasteiger partial charge on any atom is -0.385 e. The van der Waals surface area contributed by atoms with Crippen molar-refractivity contribution >= 4 is 0 Å². The Kier molecular flexibility index (Phi) is 4.42. The average Bonchev–Trinajstić information content (AvgIpc) is 2.90. The summed E-state index contributed by atoms with van der Waals surface area (Å²) < 4.78 is 5.05. The first-order valence-electron chi connectivity index (χ1n) is 6.72. The molecule has 2 aliphatic rings. The van der Waals surface area contributed by atoms with Crippen LogP contribution in [0.1, 0.15) is 32.6 Å². The van der Waals surface area contributed by atoms with Gasteiger partial charge in [-0.3, -0.25) is 0 Å². The first-order chi connectivity index (χ1) is 7.81. The van der Waals surface area contributed by atoms with Crippen molar-refractivity contribution in [2.24, 2.45) is 17.8 Å². The number of fused-ring (bicyclic) bond motifs is 2. The molecule has 0 heterocycles. The Morgan fingerprint density at radius 2 is 2.19 bits per heavy atom. The van der Waals surface area contributed by atoms with E-state index in [2.05, 4.69) is 24.4 Å². The van der Waals surface area contributed by atoms with Gasteiger partial charge in [0.25, 0.3) is 0 Å². The van der Waals surface area contributed by atoms with Crippen LogP contribution in [0.3, 0.4) is 0 Å². The summed E-state index contributed by atoms with van der Waals surface area (Å²) in [5.74, 6) is 2.65. The van der Waals surface area contributed by atoms with E-state index in [4.69, 9.17) is 4.74 Å². The molecule has 2 bridgehead atoms. The molecule has 4 unspecified atom stereocenters. The lowest BCUT2D eigenvalue weighted by atomic mass is 9.87. The molecule has 0 aliphatic heterocycles. The zero-order valence-corrected chi connectivity index (χ0v) is 10.6. The van der Waals surface area contributed by atoms with Crippen molar-refractivity contribution in [2.45, 2.75) is 38.6 Å². The topological polar surface area (TPSA) is 21.3 Å². The molecule has 1 fully saturated rings. The van der Waals surface area contributed by atoms with Crippen LogP contribution < -0.4 is 5.32 Å². The third kappa shape index (κ3) is 2.86. The molecule has 1 N–H and O–H groups in total. The van der Waals surface area contributed by atoms with Gasteiger partial charge in [0, 0.05) is 19.8 Å². The molecule has 0 aromatic rings. The molecule has 0 spiro atoms. The summed E-state index contributed by atoms with van der Waals surface area (Å²) in [6, 6.07) is 0.683. The van der Waals surface area contributed by atoms with Crippen molar-refractivity contribution in [3.05, 3.63) is 12.2 Å². The van der Waals surface area contributed by atoms with Gasteiger partial charge in [-0.15, -0.1) is 0 Å². The lowest BCUT2D eigenvalue weighted by molar-refractivity contribution is 0.191. The summed E-state index contributed by atoms with van der Waals surface area (Å²) in [6.45, 7) is 4.39. The molecular formula is C14H25NO. The summed E-state index contributed by atoms with van der Waals surface area (Å²) in [4.78, 5) is 0. The molecule has 92 valence electrons. The van der Waals surface area contributed by atoms with Crippen LogP contribution in [-0.4, -0.2) is 26.3 Å². The van der Waals surface area contributed by atoms with Gasteiger partial charge < -0.3 is 10.1 Å². The summed E-state index contributed by atoms with van der Waals surface area (Å²) in [5, 5.41) is 3.68. The number of ether oxygens (including phenoxy) is 1. The largest absolute Gasteiger partial charge is 0.385 e. The van der Waals surface area contributed by atoms with Gasteiger partial charge in [-0.1, -0.05) is 12.2 Å². The molecule has 2 nitrogen and oxygen atoms in total. The van der Waals surface area contributed by atoms with Crippen molar-refractivity contribution in [1.29, 1.82) is 0 Å². The van der Waals surface area contributed by atoms with E-state index in [0.717, 1.165) is 30.9 Å². The van der Waals surface area contributed by atoms with Gasteiger partial charge in [0.05, 0.1) is 0 Å². The lowest BCUT2D eigenvalue weighted by Gasteiger charge is -2.26. The first-order valence-corrected chi connectivity index (χ1v) is 6.72. The standard InChI is InChI=1S/C14H25NO/c1-11(15-7-3-4-8-16-2)14-10-12-5-6-13(14)9-12/h5-6,11-15H,3-4,7-10H2,1-2H3. The highest BCUT2D eigenvalue weighted by Crippen LogP contribution is 2.44. The zero-order valence-electron chi connectivity index (χ0n) is 10.6. The Morgan fingerprint density at radius 3 is 2.81 bits per heavy atom. The maximum atomic E-state index is 5.05. The summed E-state index contributed by atoms with van der Waals surface area (Å²) in [5.41, 5.74) is 0. The predicted octanol–water partition coefficient (Wildman–Crippen LogP) is 2.60. The highest BCUT2D eigenvalue weighted by molar-refractivity contribution is 5.11. The van der Waals surface area contributed by atoms with E-state index in [0.29, 0.717) is 6.04 Å². The number of hydrogen-bond donors (Lipinski definition) is 1. The maximum absolute atomic E-state index is 5.05.